The van der Waals surface area contributed by atoms with Crippen LogP contribution in [0.2, 0.25) is 0 Å². The van der Waals surface area contributed by atoms with E-state index < -0.39 is 0 Å². The number of hydrogen-bond donors (Lipinski definition) is 2. The quantitative estimate of drug-likeness (QED) is 0.899. The summed E-state index contributed by atoms with van der Waals surface area (Å²) in [7, 11) is 1.73. The summed E-state index contributed by atoms with van der Waals surface area (Å²) >= 11 is 3.32. The summed E-state index contributed by atoms with van der Waals surface area (Å²) in [6.07, 6.45) is 5.06. The van der Waals surface area contributed by atoms with E-state index in [-0.39, 0.29) is 11.9 Å². The van der Waals surface area contributed by atoms with Crippen molar-refractivity contribution in [3.05, 3.63) is 34.7 Å². The van der Waals surface area contributed by atoms with Gasteiger partial charge in [-0.1, -0.05) is 0 Å². The van der Waals surface area contributed by atoms with Crippen LogP contribution in [0, 0.1) is 0 Å². The number of nitrogens with one attached hydrogen (secondary N) is 2. The summed E-state index contributed by atoms with van der Waals surface area (Å²) in [6, 6.07) is 1.97. The Kier molecular flexibility index (Phi) is 4.39. The smallest absolute Gasteiger partial charge is 0.259 e. The Bertz CT molecular complexity index is 623. The van der Waals surface area contributed by atoms with E-state index in [1.807, 2.05) is 13.8 Å². The number of nitrogens with zero attached hydrogens (tertiary/aromatic N) is 3. The van der Waals surface area contributed by atoms with Crippen molar-refractivity contribution in [1.29, 1.82) is 0 Å². The topological polar surface area (TPSA) is 71.8 Å². The second-order valence-electron chi connectivity index (χ2n) is 4.56. The van der Waals surface area contributed by atoms with Crippen LogP contribution in [-0.2, 0) is 0 Å². The number of pyridine rings is 1. The first-order chi connectivity index (χ1) is 9.51. The second kappa shape index (κ2) is 6.04. The number of hydrogen-bond acceptors (Lipinski definition) is 4. The van der Waals surface area contributed by atoms with E-state index in [0.29, 0.717) is 17.1 Å². The molecule has 0 fully saturated rings. The number of halogens is 1. The Morgan fingerprint density at radius 1 is 1.40 bits per heavy atom. The van der Waals surface area contributed by atoms with Crippen molar-refractivity contribution in [3.63, 3.8) is 0 Å². The van der Waals surface area contributed by atoms with E-state index in [0.717, 1.165) is 4.47 Å². The highest BCUT2D eigenvalue weighted by Crippen LogP contribution is 2.19. The van der Waals surface area contributed by atoms with E-state index in [2.05, 4.69) is 36.6 Å². The molecule has 2 aromatic heterocycles. The van der Waals surface area contributed by atoms with Gasteiger partial charge in [0.25, 0.3) is 5.91 Å². The van der Waals surface area contributed by atoms with Crippen molar-refractivity contribution in [2.75, 3.05) is 17.7 Å². The molecule has 2 aromatic rings. The van der Waals surface area contributed by atoms with Gasteiger partial charge in [-0.15, -0.1) is 0 Å². The van der Waals surface area contributed by atoms with E-state index in [1.54, 1.807) is 36.4 Å². The predicted octanol–water partition coefficient (Wildman–Crippen LogP) is 2.92. The maximum Gasteiger partial charge on any atom is 0.259 e. The van der Waals surface area contributed by atoms with Crippen LogP contribution in [0.3, 0.4) is 0 Å². The maximum absolute atomic E-state index is 12.3. The summed E-state index contributed by atoms with van der Waals surface area (Å²) in [6.45, 7) is 4.05. The zero-order chi connectivity index (χ0) is 14.7. The van der Waals surface area contributed by atoms with Gasteiger partial charge in [0, 0.05) is 30.0 Å². The molecule has 0 aliphatic carbocycles. The highest BCUT2D eigenvalue weighted by molar-refractivity contribution is 9.10. The number of aromatic nitrogens is 3. The second-order valence-corrected chi connectivity index (χ2v) is 5.47. The molecule has 0 aliphatic heterocycles. The number of carbonyl (C=O) groups is 1. The normalized spacial score (nSPS) is 10.7. The minimum absolute atomic E-state index is 0.230. The largest absolute Gasteiger partial charge is 0.372 e. The molecule has 106 valence electrons. The summed E-state index contributed by atoms with van der Waals surface area (Å²) < 4.78 is 2.54. The molecule has 7 heteroatoms. The number of amides is 1. The third-order valence-corrected chi connectivity index (χ3v) is 3.16. The molecule has 0 saturated heterocycles. The molecule has 0 bridgehead atoms. The summed E-state index contributed by atoms with van der Waals surface area (Å²) in [5, 5.41) is 9.90. The van der Waals surface area contributed by atoms with E-state index in [9.17, 15) is 4.79 Å². The number of rotatable bonds is 4. The van der Waals surface area contributed by atoms with Crippen molar-refractivity contribution in [1.82, 2.24) is 14.8 Å². The first kappa shape index (κ1) is 14.5. The highest BCUT2D eigenvalue weighted by Gasteiger charge is 2.14. The van der Waals surface area contributed by atoms with Gasteiger partial charge in [-0.2, -0.15) is 5.10 Å². The Morgan fingerprint density at radius 2 is 2.15 bits per heavy atom. The van der Waals surface area contributed by atoms with Gasteiger partial charge in [-0.05, 0) is 35.8 Å². The molecule has 1 amide bonds. The zero-order valence-electron chi connectivity index (χ0n) is 11.5. The third-order valence-electron chi connectivity index (χ3n) is 2.72. The van der Waals surface area contributed by atoms with Crippen molar-refractivity contribution < 1.29 is 4.79 Å². The lowest BCUT2D eigenvalue weighted by atomic mass is 10.2. The van der Waals surface area contributed by atoms with Gasteiger partial charge >= 0.3 is 0 Å². The molecule has 2 rings (SSSR count). The van der Waals surface area contributed by atoms with Crippen molar-refractivity contribution in [2.45, 2.75) is 19.9 Å². The predicted molar refractivity (Wildman–Crippen MR) is 82.0 cm³/mol. The molecule has 2 N–H and O–H groups in total. The van der Waals surface area contributed by atoms with Crippen LogP contribution in [0.1, 0.15) is 30.2 Å². The Morgan fingerprint density at radius 3 is 2.75 bits per heavy atom. The molecule has 0 unspecified atom stereocenters. The summed E-state index contributed by atoms with van der Waals surface area (Å²) in [4.78, 5) is 16.4. The number of carbonyl (C=O) groups excluding carboxylic acids is 1. The van der Waals surface area contributed by atoms with Gasteiger partial charge in [0.1, 0.15) is 5.82 Å². The van der Waals surface area contributed by atoms with Crippen LogP contribution in [0.15, 0.2) is 29.1 Å². The maximum atomic E-state index is 12.3. The fourth-order valence-electron chi connectivity index (χ4n) is 1.69. The van der Waals surface area contributed by atoms with Gasteiger partial charge < -0.3 is 10.6 Å². The highest BCUT2D eigenvalue weighted by atomic mass is 79.9. The van der Waals surface area contributed by atoms with Crippen LogP contribution in [-0.4, -0.2) is 27.7 Å². The molecule has 0 aromatic carbocycles. The van der Waals surface area contributed by atoms with Gasteiger partial charge in [-0.3, -0.25) is 9.48 Å². The lowest BCUT2D eigenvalue weighted by Gasteiger charge is -2.08. The molecule has 0 spiro atoms. The molecule has 0 saturated carbocycles. The molecule has 2 heterocycles. The molecular weight excluding hydrogens is 322 g/mol. The van der Waals surface area contributed by atoms with Gasteiger partial charge in [0.15, 0.2) is 0 Å². The van der Waals surface area contributed by atoms with Crippen LogP contribution in [0.5, 0.6) is 0 Å². The molecular formula is C13H16BrN5O. The minimum Gasteiger partial charge on any atom is -0.372 e. The Hall–Kier alpha value is -1.89. The van der Waals surface area contributed by atoms with Gasteiger partial charge in [0.2, 0.25) is 0 Å². The van der Waals surface area contributed by atoms with Crippen molar-refractivity contribution in [3.8, 4) is 0 Å². The summed E-state index contributed by atoms with van der Waals surface area (Å²) in [5.41, 5.74) is 1.13. The van der Waals surface area contributed by atoms with Crippen LogP contribution >= 0.6 is 15.9 Å². The van der Waals surface area contributed by atoms with Crippen LogP contribution in [0.4, 0.5) is 11.5 Å². The van der Waals surface area contributed by atoms with E-state index in [1.165, 1.54) is 0 Å². The fraction of sp³-hybridized carbons (Fsp3) is 0.308. The SMILES string of the molecule is CNc1ncc(Br)cc1C(=O)Nc1cnn(C(C)C)c1. The van der Waals surface area contributed by atoms with E-state index >= 15 is 0 Å². The van der Waals surface area contributed by atoms with Crippen molar-refractivity contribution >= 4 is 33.3 Å². The van der Waals surface area contributed by atoms with Gasteiger partial charge in [0.05, 0.1) is 17.4 Å². The summed E-state index contributed by atoms with van der Waals surface area (Å²) in [5.74, 6) is 0.299. The zero-order valence-corrected chi connectivity index (χ0v) is 13.1. The van der Waals surface area contributed by atoms with Crippen LogP contribution in [0.25, 0.3) is 0 Å². The van der Waals surface area contributed by atoms with Crippen molar-refractivity contribution in [2.24, 2.45) is 0 Å². The lowest BCUT2D eigenvalue weighted by molar-refractivity contribution is 0.102. The van der Waals surface area contributed by atoms with Gasteiger partial charge in [-0.25, -0.2) is 4.98 Å². The Balaban J connectivity index is 2.21. The first-order valence-electron chi connectivity index (χ1n) is 6.20. The molecule has 0 radical (unpaired) electrons. The first-order valence-corrected chi connectivity index (χ1v) is 6.99. The fourth-order valence-corrected chi connectivity index (χ4v) is 2.03. The minimum atomic E-state index is -0.230. The molecule has 0 aliphatic rings. The number of anilines is 2. The molecule has 0 atom stereocenters. The Labute approximate surface area is 125 Å². The molecule has 6 nitrogen and oxygen atoms in total. The van der Waals surface area contributed by atoms with Crippen LogP contribution < -0.4 is 10.6 Å². The monoisotopic (exact) mass is 337 g/mol. The standard InChI is InChI=1S/C13H16BrN5O/c1-8(2)19-7-10(6-17-19)18-13(20)11-4-9(14)5-16-12(11)15-3/h4-8H,1-3H3,(H,15,16)(H,18,20). The average molecular weight is 338 g/mol. The molecule has 20 heavy (non-hydrogen) atoms. The average Bonchev–Trinajstić information content (AvgIpc) is 2.87. The lowest BCUT2D eigenvalue weighted by Crippen LogP contribution is -2.14. The third kappa shape index (κ3) is 3.16. The van der Waals surface area contributed by atoms with E-state index in [4.69, 9.17) is 0 Å².